The molecule has 108 valence electrons. The largest absolute Gasteiger partial charge is 0.372 e. The number of aromatic nitrogens is 1. The van der Waals surface area contributed by atoms with Crippen LogP contribution in [0.15, 0.2) is 0 Å². The second kappa shape index (κ2) is 6.68. The molecule has 0 saturated carbocycles. The van der Waals surface area contributed by atoms with E-state index in [1.807, 2.05) is 11.3 Å². The summed E-state index contributed by atoms with van der Waals surface area (Å²) in [6.45, 7) is 12.4. The number of ether oxygens (including phenoxy) is 1. The molecule has 1 fully saturated rings. The molecule has 2 rings (SSSR count). The first-order valence-corrected chi connectivity index (χ1v) is 8.05. The second-order valence-corrected chi connectivity index (χ2v) is 6.22. The number of rotatable bonds is 5. The van der Waals surface area contributed by atoms with E-state index in [1.54, 1.807) is 0 Å². The molecule has 0 unspecified atom stereocenters. The van der Waals surface area contributed by atoms with Crippen LogP contribution in [0.5, 0.6) is 0 Å². The van der Waals surface area contributed by atoms with E-state index < -0.39 is 0 Å². The monoisotopic (exact) mass is 283 g/mol. The normalized spacial score (nSPS) is 23.9. The van der Waals surface area contributed by atoms with Crippen molar-refractivity contribution in [2.24, 2.45) is 0 Å². The van der Waals surface area contributed by atoms with Crippen LogP contribution in [0, 0.1) is 0 Å². The zero-order chi connectivity index (χ0) is 13.8. The molecule has 0 radical (unpaired) electrons. The van der Waals surface area contributed by atoms with Crippen LogP contribution < -0.4 is 10.2 Å². The van der Waals surface area contributed by atoms with E-state index in [9.17, 15) is 0 Å². The fourth-order valence-electron chi connectivity index (χ4n) is 2.49. The Morgan fingerprint density at radius 2 is 2.00 bits per heavy atom. The SMILES string of the molecule is CCNCc1sc(N2C[C@@H](C)O[C@@H](C)C2)nc1CC. The highest BCUT2D eigenvalue weighted by Crippen LogP contribution is 2.29. The first kappa shape index (κ1) is 14.8. The van der Waals surface area contributed by atoms with Gasteiger partial charge in [-0.15, -0.1) is 11.3 Å². The third kappa shape index (κ3) is 3.68. The molecule has 2 atom stereocenters. The number of hydrogen-bond acceptors (Lipinski definition) is 5. The standard InChI is InChI=1S/C14H25N3OS/c1-5-12-13(7-15-6-2)19-14(16-12)17-8-10(3)18-11(4)9-17/h10-11,15H,5-9H2,1-4H3/t10-,11+. The molecule has 1 saturated heterocycles. The first-order chi connectivity index (χ1) is 9.13. The van der Waals surface area contributed by atoms with Crippen LogP contribution in [0.3, 0.4) is 0 Å². The Bertz CT molecular complexity index is 397. The van der Waals surface area contributed by atoms with Crippen LogP contribution in [-0.4, -0.2) is 36.8 Å². The van der Waals surface area contributed by atoms with E-state index in [-0.39, 0.29) is 12.2 Å². The van der Waals surface area contributed by atoms with E-state index in [1.165, 1.54) is 10.6 Å². The van der Waals surface area contributed by atoms with Crippen molar-refractivity contribution < 1.29 is 4.74 Å². The van der Waals surface area contributed by atoms with E-state index in [0.29, 0.717) is 0 Å². The Morgan fingerprint density at radius 3 is 2.58 bits per heavy atom. The van der Waals surface area contributed by atoms with Crippen molar-refractivity contribution in [2.45, 2.75) is 52.9 Å². The molecule has 0 amide bonds. The molecule has 1 aromatic rings. The van der Waals surface area contributed by atoms with E-state index in [4.69, 9.17) is 9.72 Å². The molecule has 5 heteroatoms. The molecule has 1 aliphatic rings. The number of aryl methyl sites for hydroxylation is 1. The molecule has 4 nitrogen and oxygen atoms in total. The summed E-state index contributed by atoms with van der Waals surface area (Å²) < 4.78 is 5.79. The summed E-state index contributed by atoms with van der Waals surface area (Å²) in [5.41, 5.74) is 1.24. The average molecular weight is 283 g/mol. The van der Waals surface area contributed by atoms with Crippen molar-refractivity contribution in [1.29, 1.82) is 0 Å². The smallest absolute Gasteiger partial charge is 0.186 e. The minimum Gasteiger partial charge on any atom is -0.372 e. The summed E-state index contributed by atoms with van der Waals surface area (Å²) in [4.78, 5) is 8.58. The van der Waals surface area contributed by atoms with Crippen molar-refractivity contribution in [3.05, 3.63) is 10.6 Å². The van der Waals surface area contributed by atoms with Crippen LogP contribution in [0.1, 0.15) is 38.3 Å². The van der Waals surface area contributed by atoms with Crippen LogP contribution >= 0.6 is 11.3 Å². The Balaban J connectivity index is 2.13. The van der Waals surface area contributed by atoms with E-state index >= 15 is 0 Å². The fraction of sp³-hybridized carbons (Fsp3) is 0.786. The van der Waals surface area contributed by atoms with Crippen molar-refractivity contribution in [2.75, 3.05) is 24.5 Å². The van der Waals surface area contributed by atoms with Crippen LogP contribution in [-0.2, 0) is 17.7 Å². The number of hydrogen-bond donors (Lipinski definition) is 1. The third-order valence-corrected chi connectivity index (χ3v) is 4.49. The summed E-state index contributed by atoms with van der Waals surface area (Å²) >= 11 is 1.83. The number of thiazole rings is 1. The van der Waals surface area contributed by atoms with Gasteiger partial charge < -0.3 is 15.0 Å². The zero-order valence-electron chi connectivity index (χ0n) is 12.4. The maximum absolute atomic E-state index is 5.79. The number of anilines is 1. The van der Waals surface area contributed by atoms with Gasteiger partial charge in [0.05, 0.1) is 17.9 Å². The molecule has 0 spiro atoms. The summed E-state index contributed by atoms with van der Waals surface area (Å²) in [7, 11) is 0. The van der Waals surface area contributed by atoms with Crippen molar-refractivity contribution in [3.63, 3.8) is 0 Å². The quantitative estimate of drug-likeness (QED) is 0.900. The highest BCUT2D eigenvalue weighted by Gasteiger charge is 2.25. The minimum atomic E-state index is 0.287. The summed E-state index contributed by atoms with van der Waals surface area (Å²) in [6, 6.07) is 0. The highest BCUT2D eigenvalue weighted by atomic mass is 32.1. The molecular formula is C14H25N3OS. The van der Waals surface area contributed by atoms with E-state index in [2.05, 4.69) is 37.9 Å². The lowest BCUT2D eigenvalue weighted by atomic mass is 10.2. The molecule has 19 heavy (non-hydrogen) atoms. The minimum absolute atomic E-state index is 0.287. The summed E-state index contributed by atoms with van der Waals surface area (Å²) in [6.07, 6.45) is 1.58. The molecule has 2 heterocycles. The Morgan fingerprint density at radius 1 is 1.32 bits per heavy atom. The molecule has 1 aliphatic heterocycles. The number of nitrogens with zero attached hydrogens (tertiary/aromatic N) is 2. The van der Waals surface area contributed by atoms with Gasteiger partial charge in [-0.05, 0) is 26.8 Å². The average Bonchev–Trinajstić information content (AvgIpc) is 2.78. The van der Waals surface area contributed by atoms with E-state index in [0.717, 1.165) is 37.7 Å². The second-order valence-electron chi connectivity index (χ2n) is 5.16. The van der Waals surface area contributed by atoms with Crippen molar-refractivity contribution in [3.8, 4) is 0 Å². The van der Waals surface area contributed by atoms with Crippen molar-refractivity contribution in [1.82, 2.24) is 10.3 Å². The van der Waals surface area contributed by atoms with Gasteiger partial charge in [-0.2, -0.15) is 0 Å². The lowest BCUT2D eigenvalue weighted by Gasteiger charge is -2.35. The number of nitrogens with one attached hydrogen (secondary N) is 1. The Hall–Kier alpha value is -0.650. The summed E-state index contributed by atoms with van der Waals surface area (Å²) in [5, 5.41) is 4.56. The van der Waals surface area contributed by atoms with Gasteiger partial charge in [-0.3, -0.25) is 0 Å². The molecule has 0 aromatic carbocycles. The topological polar surface area (TPSA) is 37.4 Å². The van der Waals surface area contributed by atoms with Gasteiger partial charge >= 0.3 is 0 Å². The maximum Gasteiger partial charge on any atom is 0.186 e. The number of morpholine rings is 1. The van der Waals surface area contributed by atoms with Crippen molar-refractivity contribution >= 4 is 16.5 Å². The van der Waals surface area contributed by atoms with Crippen LogP contribution in [0.25, 0.3) is 0 Å². The lowest BCUT2D eigenvalue weighted by Crippen LogP contribution is -2.45. The highest BCUT2D eigenvalue weighted by molar-refractivity contribution is 7.15. The van der Waals surface area contributed by atoms with Gasteiger partial charge in [0, 0.05) is 24.5 Å². The molecule has 0 aliphatic carbocycles. The third-order valence-electron chi connectivity index (χ3n) is 3.33. The molecule has 0 bridgehead atoms. The molecule has 1 N–H and O–H groups in total. The summed E-state index contributed by atoms with van der Waals surface area (Å²) in [5.74, 6) is 0. The lowest BCUT2D eigenvalue weighted by molar-refractivity contribution is -0.00523. The zero-order valence-corrected chi connectivity index (χ0v) is 13.2. The van der Waals surface area contributed by atoms with Crippen LogP contribution in [0.2, 0.25) is 0 Å². The maximum atomic E-state index is 5.79. The van der Waals surface area contributed by atoms with Gasteiger partial charge in [0.2, 0.25) is 0 Å². The van der Waals surface area contributed by atoms with Gasteiger partial charge in [-0.1, -0.05) is 13.8 Å². The van der Waals surface area contributed by atoms with Crippen LogP contribution in [0.4, 0.5) is 5.13 Å². The van der Waals surface area contributed by atoms with Gasteiger partial charge in [0.1, 0.15) is 0 Å². The van der Waals surface area contributed by atoms with Gasteiger partial charge in [0.25, 0.3) is 0 Å². The fourth-order valence-corrected chi connectivity index (χ4v) is 3.63. The molecular weight excluding hydrogens is 258 g/mol. The predicted octanol–water partition coefficient (Wildman–Crippen LogP) is 2.43. The molecule has 1 aromatic heterocycles. The Labute approximate surface area is 120 Å². The van der Waals surface area contributed by atoms with Gasteiger partial charge in [0.15, 0.2) is 5.13 Å². The van der Waals surface area contributed by atoms with Gasteiger partial charge in [-0.25, -0.2) is 4.98 Å². The first-order valence-electron chi connectivity index (χ1n) is 7.23. The Kier molecular flexibility index (Phi) is 5.19. The predicted molar refractivity (Wildman–Crippen MR) is 81.1 cm³/mol.